The van der Waals surface area contributed by atoms with Crippen LogP contribution in [0.5, 0.6) is 0 Å². The minimum atomic E-state index is 0.979. The molecule has 2 heteroatoms. The summed E-state index contributed by atoms with van der Waals surface area (Å²) in [4.78, 5) is 0. The number of rotatable bonds is 29. The fourth-order valence-electron chi connectivity index (χ4n) is 7.88. The van der Waals surface area contributed by atoms with E-state index in [9.17, 15) is 5.53 Å². The molecule has 2 aromatic carbocycles. The topological polar surface area (TPSA) is 25.3 Å². The zero-order valence-electron chi connectivity index (χ0n) is 34.9. The minimum Gasteiger partial charge on any atom is -0.493 e. The van der Waals surface area contributed by atoms with Gasteiger partial charge in [-0.05, 0) is 124 Å². The van der Waals surface area contributed by atoms with Crippen LogP contribution in [0.15, 0.2) is 59.7 Å². The second-order valence-electron chi connectivity index (χ2n) is 15.9. The van der Waals surface area contributed by atoms with Gasteiger partial charge in [-0.1, -0.05) is 156 Å². The molecule has 1 aliphatic heterocycles. The molecule has 0 aromatic heterocycles. The second-order valence-corrected chi connectivity index (χ2v) is 15.9. The van der Waals surface area contributed by atoms with Crippen molar-refractivity contribution in [3.05, 3.63) is 98.6 Å². The van der Waals surface area contributed by atoms with Crippen LogP contribution >= 0.6 is 0 Å². The van der Waals surface area contributed by atoms with Crippen molar-refractivity contribution in [2.75, 3.05) is 0 Å². The quantitative estimate of drug-likeness (QED) is 0.0594. The summed E-state index contributed by atoms with van der Waals surface area (Å²) < 4.78 is 1.63. The molecule has 0 spiro atoms. The van der Waals surface area contributed by atoms with Gasteiger partial charge in [0.25, 0.3) is 0 Å². The highest BCUT2D eigenvalue weighted by atomic mass is 15.2. The van der Waals surface area contributed by atoms with Gasteiger partial charge in [0.1, 0.15) is 0 Å². The Hall–Kier alpha value is -2.74. The molecule has 0 saturated carbocycles. The normalized spacial score (nSPS) is 13.5. The van der Waals surface area contributed by atoms with E-state index in [4.69, 9.17) is 0 Å². The predicted molar refractivity (Wildman–Crippen MR) is 230 cm³/mol. The number of unbranched alkanes of at least 4 members (excludes halogenated alkanes) is 15. The lowest BCUT2D eigenvalue weighted by Gasteiger charge is -2.14. The first-order chi connectivity index (χ1) is 25.5. The van der Waals surface area contributed by atoms with Crippen LogP contribution < -0.4 is 0 Å². The number of hydrogen-bond acceptors (Lipinski definition) is 0. The summed E-state index contributed by atoms with van der Waals surface area (Å²) >= 11 is 0. The molecule has 0 N–H and O–H groups in total. The second kappa shape index (κ2) is 26.1. The molecule has 0 bridgehead atoms. The highest BCUT2D eigenvalue weighted by Gasteiger charge is 2.35. The largest absolute Gasteiger partial charge is 0.493 e. The Morgan fingerprint density at radius 1 is 0.423 bits per heavy atom. The van der Waals surface area contributed by atoms with Crippen LogP contribution in [0.25, 0.3) is 16.9 Å². The maximum absolute atomic E-state index is 12.6. The molecular formula is C50H78N2. The fourth-order valence-corrected chi connectivity index (χ4v) is 7.88. The van der Waals surface area contributed by atoms with E-state index in [0.717, 1.165) is 62.8 Å². The molecule has 0 atom stereocenters. The van der Waals surface area contributed by atoms with E-state index in [1.54, 1.807) is 4.70 Å². The molecule has 1 heterocycles. The summed E-state index contributed by atoms with van der Waals surface area (Å²) in [5.41, 5.74) is 25.2. The van der Waals surface area contributed by atoms with Gasteiger partial charge in [0.05, 0.1) is 5.57 Å². The van der Waals surface area contributed by atoms with Crippen molar-refractivity contribution in [1.82, 2.24) is 0 Å². The van der Waals surface area contributed by atoms with Crippen LogP contribution in [0.3, 0.4) is 0 Å². The van der Waals surface area contributed by atoms with E-state index in [0.29, 0.717) is 0 Å². The number of benzene rings is 2. The lowest BCUT2D eigenvalue weighted by atomic mass is 9.91. The smallest absolute Gasteiger partial charge is 0.215 e. The third-order valence-corrected chi connectivity index (χ3v) is 11.0. The number of aryl methyl sites for hydroxylation is 4. The zero-order valence-corrected chi connectivity index (χ0v) is 34.9. The summed E-state index contributed by atoms with van der Waals surface area (Å²) in [6, 6.07) is 14.5. The van der Waals surface area contributed by atoms with Gasteiger partial charge in [-0.3, -0.25) is 0 Å². The molecule has 0 amide bonds. The van der Waals surface area contributed by atoms with Gasteiger partial charge < -0.3 is 5.53 Å². The van der Waals surface area contributed by atoms with Gasteiger partial charge in [-0.25, -0.2) is 4.70 Å². The Labute approximate surface area is 322 Å². The molecule has 0 unspecified atom stereocenters. The van der Waals surface area contributed by atoms with Crippen molar-refractivity contribution in [2.45, 2.75) is 208 Å². The maximum Gasteiger partial charge on any atom is 0.215 e. The lowest BCUT2D eigenvalue weighted by molar-refractivity contribution is -0.345. The third kappa shape index (κ3) is 14.6. The third-order valence-electron chi connectivity index (χ3n) is 11.0. The number of nitrogens with zero attached hydrogens (tertiary/aromatic N) is 2. The van der Waals surface area contributed by atoms with Gasteiger partial charge in [0.2, 0.25) is 11.4 Å². The first-order valence-corrected chi connectivity index (χ1v) is 22.4. The highest BCUT2D eigenvalue weighted by molar-refractivity contribution is 5.84. The zero-order chi connectivity index (χ0) is 37.4. The Morgan fingerprint density at radius 3 is 1.29 bits per heavy atom. The van der Waals surface area contributed by atoms with E-state index in [2.05, 4.69) is 90.1 Å². The first-order valence-electron chi connectivity index (χ1n) is 22.4. The van der Waals surface area contributed by atoms with E-state index in [1.165, 1.54) is 160 Å². The molecule has 288 valence electrons. The Kier molecular flexibility index (Phi) is 21.9. The molecule has 1 aliphatic rings. The molecule has 0 saturated heterocycles. The van der Waals surface area contributed by atoms with Gasteiger partial charge >= 0.3 is 0 Å². The highest BCUT2D eigenvalue weighted by Crippen LogP contribution is 2.44. The van der Waals surface area contributed by atoms with Crippen molar-refractivity contribution in [3.8, 4) is 0 Å². The van der Waals surface area contributed by atoms with Crippen LogP contribution in [-0.2, 0) is 25.7 Å². The van der Waals surface area contributed by atoms with E-state index in [1.807, 2.05) is 0 Å². The van der Waals surface area contributed by atoms with Crippen LogP contribution in [0.1, 0.15) is 216 Å². The van der Waals surface area contributed by atoms with Crippen molar-refractivity contribution in [2.24, 2.45) is 0 Å². The van der Waals surface area contributed by atoms with Crippen molar-refractivity contribution in [3.63, 3.8) is 0 Å². The van der Waals surface area contributed by atoms with Gasteiger partial charge in [-0.2, -0.15) is 0 Å². The van der Waals surface area contributed by atoms with Crippen LogP contribution in [0.2, 0.25) is 0 Å². The summed E-state index contributed by atoms with van der Waals surface area (Å²) in [5, 5.41) is 0. The SMILES string of the molecule is CCCCCCCCCCC=CC1=C(c2cc(CCCC)cc(CCCCC)c2)[N+](=[N-])C(c2cc(CCCC)cc(CCCCC)c2)=C1CCCC. The van der Waals surface area contributed by atoms with Crippen molar-refractivity contribution >= 4 is 11.4 Å². The van der Waals surface area contributed by atoms with Crippen LogP contribution in [0, 0.1) is 0 Å². The number of hydrogen-bond donors (Lipinski definition) is 0. The van der Waals surface area contributed by atoms with E-state index >= 15 is 0 Å². The maximum atomic E-state index is 12.6. The Morgan fingerprint density at radius 2 is 0.808 bits per heavy atom. The first kappa shape index (κ1) is 43.7. The average Bonchev–Trinajstić information content (AvgIpc) is 3.43. The monoisotopic (exact) mass is 707 g/mol. The summed E-state index contributed by atoms with van der Waals surface area (Å²) in [7, 11) is 0. The van der Waals surface area contributed by atoms with Crippen molar-refractivity contribution < 1.29 is 4.70 Å². The molecule has 3 rings (SSSR count). The molecule has 2 nitrogen and oxygen atoms in total. The fraction of sp³-hybridized carbons (Fsp3) is 0.640. The molecule has 2 aromatic rings. The summed E-state index contributed by atoms with van der Waals surface area (Å²) in [6.45, 7) is 13.8. The van der Waals surface area contributed by atoms with Gasteiger partial charge in [0, 0.05) is 16.7 Å². The average molecular weight is 707 g/mol. The van der Waals surface area contributed by atoms with Gasteiger partial charge in [-0.15, -0.1) is 0 Å². The number of allylic oxidation sites excluding steroid dienone is 4. The standard InChI is InChI=1S/C50H78N2/c1-7-13-19-20-21-22-23-24-25-28-34-48-47(33-18-12-6)49(45-37-41(29-16-10-4)35-43(39-45)31-26-14-8-2)52(51)50(48)46-38-42(30-17-11-5)36-44(40-46)32-27-15-9-3/h28,34-40H,7-27,29-33H2,1-6H3. The molecular weight excluding hydrogens is 629 g/mol. The summed E-state index contributed by atoms with van der Waals surface area (Å²) in [6.07, 6.45) is 36.5. The Bertz CT molecular complexity index is 1420. The lowest BCUT2D eigenvalue weighted by Crippen LogP contribution is -2.05. The molecule has 52 heavy (non-hydrogen) atoms. The molecule has 0 aliphatic carbocycles. The molecule has 0 radical (unpaired) electrons. The van der Waals surface area contributed by atoms with E-state index in [-0.39, 0.29) is 0 Å². The molecule has 0 fully saturated rings. The van der Waals surface area contributed by atoms with Crippen LogP contribution in [-0.4, -0.2) is 4.70 Å². The van der Waals surface area contributed by atoms with Crippen LogP contribution in [0.4, 0.5) is 0 Å². The van der Waals surface area contributed by atoms with Gasteiger partial charge in [0.15, 0.2) is 0 Å². The summed E-state index contributed by atoms with van der Waals surface area (Å²) in [5.74, 6) is 0. The minimum absolute atomic E-state index is 0.979. The van der Waals surface area contributed by atoms with E-state index < -0.39 is 0 Å². The van der Waals surface area contributed by atoms with Crippen molar-refractivity contribution in [1.29, 1.82) is 0 Å². The predicted octanol–water partition coefficient (Wildman–Crippen LogP) is 16.3. The Balaban J connectivity index is 2.12.